The molecule has 7 nitrogen and oxygen atoms in total. The van der Waals surface area contributed by atoms with E-state index in [9.17, 15) is 14.7 Å². The van der Waals surface area contributed by atoms with E-state index in [1.54, 1.807) is 23.4 Å². The molecule has 2 aliphatic rings. The fraction of sp³-hybridized carbons (Fsp3) is 0.208. The predicted molar refractivity (Wildman–Crippen MR) is 114 cm³/mol. The van der Waals surface area contributed by atoms with Crippen LogP contribution in [0.5, 0.6) is 11.5 Å². The second-order valence-electron chi connectivity index (χ2n) is 7.80. The summed E-state index contributed by atoms with van der Waals surface area (Å²) >= 11 is 0. The number of carbonyl (C=O) groups excluding carboxylic acids is 2. The fourth-order valence-electron chi connectivity index (χ4n) is 4.88. The van der Waals surface area contributed by atoms with E-state index in [0.29, 0.717) is 18.5 Å². The smallest absolute Gasteiger partial charge is 0.254 e. The average Bonchev–Trinajstić information content (AvgIpc) is 3.33. The van der Waals surface area contributed by atoms with Crippen LogP contribution in [0.25, 0.3) is 0 Å². The lowest BCUT2D eigenvalue weighted by molar-refractivity contribution is -0.121. The predicted octanol–water partition coefficient (Wildman–Crippen LogP) is 3.27. The Labute approximate surface area is 179 Å². The molecule has 1 saturated heterocycles. The zero-order valence-electron chi connectivity index (χ0n) is 16.9. The van der Waals surface area contributed by atoms with Crippen LogP contribution in [-0.2, 0) is 10.2 Å². The minimum absolute atomic E-state index is 0.0372. The summed E-state index contributed by atoms with van der Waals surface area (Å²) in [6.45, 7) is 0.406. The van der Waals surface area contributed by atoms with E-state index in [4.69, 9.17) is 4.74 Å². The molecule has 0 saturated carbocycles. The van der Waals surface area contributed by atoms with E-state index < -0.39 is 11.5 Å². The third-order valence-corrected chi connectivity index (χ3v) is 6.27. The Hall–Kier alpha value is -3.87. The number of carbonyl (C=O) groups is 2. The van der Waals surface area contributed by atoms with Gasteiger partial charge in [0.15, 0.2) is 11.5 Å². The largest absolute Gasteiger partial charge is 0.504 e. The minimum atomic E-state index is -0.893. The van der Waals surface area contributed by atoms with Gasteiger partial charge in [0.25, 0.3) is 5.91 Å². The number of nitrogens with one attached hydrogen (secondary N) is 1. The summed E-state index contributed by atoms with van der Waals surface area (Å²) in [5.41, 5.74) is 1.96. The zero-order valence-corrected chi connectivity index (χ0v) is 16.9. The number of phenols is 1. The molecule has 2 aliphatic heterocycles. The molecular weight excluding hydrogens is 394 g/mol. The van der Waals surface area contributed by atoms with Crippen molar-refractivity contribution in [2.45, 2.75) is 17.9 Å². The van der Waals surface area contributed by atoms with Gasteiger partial charge in [-0.25, -0.2) is 0 Å². The molecule has 1 spiro atoms. The Balaban J connectivity index is 1.64. The van der Waals surface area contributed by atoms with E-state index in [0.717, 1.165) is 16.8 Å². The first kappa shape index (κ1) is 19.1. The maximum Gasteiger partial charge on any atom is 0.254 e. The number of hydrogen-bond acceptors (Lipinski definition) is 5. The molecule has 156 valence electrons. The van der Waals surface area contributed by atoms with Gasteiger partial charge in [0.05, 0.1) is 13.2 Å². The molecule has 0 bridgehead atoms. The number of pyridine rings is 1. The van der Waals surface area contributed by atoms with Crippen LogP contribution in [0.1, 0.15) is 33.9 Å². The van der Waals surface area contributed by atoms with Crippen LogP contribution in [0.3, 0.4) is 0 Å². The standard InChI is InChI=1S/C24H21N3O4/c1-31-20-13-15(8-9-19(20)28)22(29)27-12-10-24(21(27)16-5-4-11-25-14-16)17-6-2-3-7-18(17)26-23(24)30/h2-9,11,13-14,21,28H,10,12H2,1H3,(H,26,30). The van der Waals surface area contributed by atoms with Gasteiger partial charge in [-0.3, -0.25) is 14.6 Å². The lowest BCUT2D eigenvalue weighted by Gasteiger charge is -2.34. The first-order valence-corrected chi connectivity index (χ1v) is 10.0. The van der Waals surface area contributed by atoms with Gasteiger partial charge in [-0.2, -0.15) is 0 Å². The Morgan fingerprint density at radius 2 is 2.06 bits per heavy atom. The number of likely N-dealkylation sites (tertiary alicyclic amines) is 1. The van der Waals surface area contributed by atoms with E-state index >= 15 is 0 Å². The van der Waals surface area contributed by atoms with Crippen LogP contribution < -0.4 is 10.1 Å². The number of anilines is 1. The Bertz CT molecular complexity index is 1180. The number of ether oxygens (including phenoxy) is 1. The highest BCUT2D eigenvalue weighted by Gasteiger charge is 2.59. The molecule has 31 heavy (non-hydrogen) atoms. The van der Waals surface area contributed by atoms with Crippen molar-refractivity contribution in [3.63, 3.8) is 0 Å². The van der Waals surface area contributed by atoms with Gasteiger partial charge in [0.2, 0.25) is 5.91 Å². The van der Waals surface area contributed by atoms with Gasteiger partial charge in [-0.1, -0.05) is 24.3 Å². The number of rotatable bonds is 3. The number of methoxy groups -OCH3 is 1. The number of fused-ring (bicyclic) bond motifs is 2. The van der Waals surface area contributed by atoms with Crippen molar-refractivity contribution in [1.82, 2.24) is 9.88 Å². The maximum atomic E-state index is 13.6. The summed E-state index contributed by atoms with van der Waals surface area (Å²) in [5, 5.41) is 12.9. The van der Waals surface area contributed by atoms with Gasteiger partial charge >= 0.3 is 0 Å². The molecule has 3 aromatic rings. The maximum absolute atomic E-state index is 13.6. The fourth-order valence-corrected chi connectivity index (χ4v) is 4.88. The number of benzene rings is 2. The SMILES string of the molecule is COc1cc(C(=O)N2CCC3(C(=O)Nc4ccccc43)C2c2cccnc2)ccc1O. The average molecular weight is 415 g/mol. The van der Waals surface area contributed by atoms with Gasteiger partial charge in [-0.05, 0) is 47.9 Å². The Morgan fingerprint density at radius 3 is 2.84 bits per heavy atom. The molecule has 0 radical (unpaired) electrons. The van der Waals surface area contributed by atoms with E-state index in [1.807, 2.05) is 36.4 Å². The Kier molecular flexibility index (Phi) is 4.39. The molecular formula is C24H21N3O4. The topological polar surface area (TPSA) is 91.8 Å². The summed E-state index contributed by atoms with van der Waals surface area (Å²) in [5.74, 6) is -0.158. The number of nitrogens with zero attached hydrogens (tertiary/aromatic N) is 2. The number of phenolic OH excluding ortho intramolecular Hbond substituents is 1. The first-order chi connectivity index (χ1) is 15.1. The summed E-state index contributed by atoms with van der Waals surface area (Å²) in [7, 11) is 1.44. The number of amides is 2. The molecule has 0 aliphatic carbocycles. The summed E-state index contributed by atoms with van der Waals surface area (Å²) in [4.78, 5) is 32.9. The first-order valence-electron chi connectivity index (χ1n) is 10.0. The van der Waals surface area contributed by atoms with Gasteiger partial charge < -0.3 is 20.1 Å². The molecule has 2 unspecified atom stereocenters. The molecule has 2 aromatic carbocycles. The highest BCUT2D eigenvalue weighted by Crippen LogP contribution is 2.54. The number of hydrogen-bond donors (Lipinski definition) is 2. The van der Waals surface area contributed by atoms with Crippen molar-refractivity contribution >= 4 is 17.5 Å². The number of aromatic nitrogens is 1. The second kappa shape index (κ2) is 7.12. The van der Waals surface area contributed by atoms with Crippen LogP contribution >= 0.6 is 0 Å². The second-order valence-corrected chi connectivity index (χ2v) is 7.80. The van der Waals surface area contributed by atoms with Crippen molar-refractivity contribution in [2.24, 2.45) is 0 Å². The molecule has 7 heteroatoms. The monoisotopic (exact) mass is 415 g/mol. The third-order valence-electron chi connectivity index (χ3n) is 6.27. The number of para-hydroxylation sites is 1. The molecule has 2 atom stereocenters. The molecule has 5 rings (SSSR count). The van der Waals surface area contributed by atoms with Crippen molar-refractivity contribution in [3.05, 3.63) is 83.7 Å². The lowest BCUT2D eigenvalue weighted by atomic mass is 9.73. The Morgan fingerprint density at radius 1 is 1.23 bits per heavy atom. The van der Waals surface area contributed by atoms with Crippen molar-refractivity contribution in [1.29, 1.82) is 0 Å². The van der Waals surface area contributed by atoms with Crippen molar-refractivity contribution < 1.29 is 19.4 Å². The summed E-state index contributed by atoms with van der Waals surface area (Å²) in [6, 6.07) is 15.4. The molecule has 3 heterocycles. The highest BCUT2D eigenvalue weighted by molar-refractivity contribution is 6.08. The normalized spacial score (nSPS) is 21.8. The van der Waals surface area contributed by atoms with E-state index in [2.05, 4.69) is 10.3 Å². The van der Waals surface area contributed by atoms with Gasteiger partial charge in [0, 0.05) is 30.2 Å². The third kappa shape index (κ3) is 2.77. The quantitative estimate of drug-likeness (QED) is 0.685. The van der Waals surface area contributed by atoms with Crippen LogP contribution in [0.2, 0.25) is 0 Å². The molecule has 1 aromatic heterocycles. The van der Waals surface area contributed by atoms with Gasteiger partial charge in [-0.15, -0.1) is 0 Å². The molecule has 1 fully saturated rings. The van der Waals surface area contributed by atoms with Crippen molar-refractivity contribution in [3.8, 4) is 11.5 Å². The van der Waals surface area contributed by atoms with E-state index in [1.165, 1.54) is 19.2 Å². The molecule has 2 amide bonds. The van der Waals surface area contributed by atoms with Crippen LogP contribution in [0.15, 0.2) is 67.0 Å². The van der Waals surface area contributed by atoms with E-state index in [-0.39, 0.29) is 23.3 Å². The summed E-state index contributed by atoms with van der Waals surface area (Å²) < 4.78 is 5.17. The minimum Gasteiger partial charge on any atom is -0.504 e. The van der Waals surface area contributed by atoms with Crippen LogP contribution in [0, 0.1) is 0 Å². The van der Waals surface area contributed by atoms with Crippen molar-refractivity contribution in [2.75, 3.05) is 19.0 Å². The molecule has 2 N–H and O–H groups in total. The zero-order chi connectivity index (χ0) is 21.6. The van der Waals surface area contributed by atoms with Crippen LogP contribution in [0.4, 0.5) is 5.69 Å². The number of aromatic hydroxyl groups is 1. The lowest BCUT2D eigenvalue weighted by Crippen LogP contribution is -2.42. The summed E-state index contributed by atoms with van der Waals surface area (Å²) in [6.07, 6.45) is 3.88. The highest BCUT2D eigenvalue weighted by atomic mass is 16.5. The van der Waals surface area contributed by atoms with Gasteiger partial charge in [0.1, 0.15) is 5.41 Å². The van der Waals surface area contributed by atoms with Crippen LogP contribution in [-0.4, -0.2) is 40.5 Å².